The van der Waals surface area contributed by atoms with Crippen LogP contribution in [0.3, 0.4) is 0 Å². The minimum absolute atomic E-state index is 0.0433. The van der Waals surface area contributed by atoms with Crippen LogP contribution in [0.2, 0.25) is 10.3 Å². The van der Waals surface area contributed by atoms with Gasteiger partial charge in [0.2, 0.25) is 0 Å². The van der Waals surface area contributed by atoms with Crippen LogP contribution in [0.5, 0.6) is 0 Å². The fourth-order valence-electron chi connectivity index (χ4n) is 2.82. The molecular formula is C16H11BrCl2F3N3. The first-order chi connectivity index (χ1) is 11.6. The minimum atomic E-state index is -4.53. The van der Waals surface area contributed by atoms with E-state index in [1.54, 1.807) is 18.2 Å². The Labute approximate surface area is 160 Å². The van der Waals surface area contributed by atoms with Gasteiger partial charge >= 0.3 is 6.18 Å². The number of halogens is 6. The highest BCUT2D eigenvalue weighted by molar-refractivity contribution is 9.10. The fraction of sp³-hybridized carbons (Fsp3) is 0.250. The molecule has 0 bridgehead atoms. The standard InChI is InChI=1S/C16H11BrCl2F3N3/c17-10-3-8(1-2-11(10)23)12-6-15(7-24-12,16(20,21)22)9-4-13(18)25-14(19)5-9/h1-5H,6-7,23H2. The minimum Gasteiger partial charge on any atom is -0.398 e. The summed E-state index contributed by atoms with van der Waals surface area (Å²) in [5.41, 5.74) is 4.93. The first kappa shape index (κ1) is 18.5. The lowest BCUT2D eigenvalue weighted by molar-refractivity contribution is -0.183. The van der Waals surface area contributed by atoms with E-state index < -0.39 is 18.1 Å². The zero-order valence-electron chi connectivity index (χ0n) is 12.5. The Bertz CT molecular complexity index is 850. The molecule has 0 spiro atoms. The quantitative estimate of drug-likeness (QED) is 0.488. The summed E-state index contributed by atoms with van der Waals surface area (Å²) in [7, 11) is 0. The topological polar surface area (TPSA) is 51.3 Å². The number of aliphatic imine (C=N–C) groups is 1. The lowest BCUT2D eigenvalue weighted by atomic mass is 9.77. The fourth-order valence-corrected chi connectivity index (χ4v) is 3.66. The number of rotatable bonds is 2. The molecule has 0 radical (unpaired) electrons. The maximum atomic E-state index is 14.0. The molecule has 1 aromatic heterocycles. The number of alkyl halides is 3. The lowest BCUT2D eigenvalue weighted by Crippen LogP contribution is -2.43. The van der Waals surface area contributed by atoms with Gasteiger partial charge < -0.3 is 5.73 Å². The third-order valence-electron chi connectivity index (χ3n) is 4.20. The molecule has 1 aliphatic heterocycles. The highest BCUT2D eigenvalue weighted by Gasteiger charge is 2.58. The van der Waals surface area contributed by atoms with Gasteiger partial charge in [0.25, 0.3) is 0 Å². The SMILES string of the molecule is Nc1ccc(C2=NCC(c3cc(Cl)nc(Cl)c3)(C(F)(F)F)C2)cc1Br. The van der Waals surface area contributed by atoms with Crippen molar-refractivity contribution in [2.24, 2.45) is 4.99 Å². The van der Waals surface area contributed by atoms with Gasteiger partial charge in [0, 0.05) is 22.3 Å². The lowest BCUT2D eigenvalue weighted by Gasteiger charge is -2.31. The van der Waals surface area contributed by atoms with Gasteiger partial charge in [-0.3, -0.25) is 4.99 Å². The molecule has 0 amide bonds. The average molecular weight is 453 g/mol. The summed E-state index contributed by atoms with van der Waals surface area (Å²) in [5.74, 6) is 0. The van der Waals surface area contributed by atoms with Crippen LogP contribution < -0.4 is 5.73 Å². The predicted octanol–water partition coefficient (Wildman–Crippen LogP) is 5.43. The number of hydrogen-bond acceptors (Lipinski definition) is 3. The third-order valence-corrected chi connectivity index (χ3v) is 5.27. The molecule has 0 saturated carbocycles. The summed E-state index contributed by atoms with van der Waals surface area (Å²) in [4.78, 5) is 7.88. The number of aromatic nitrogens is 1. The molecule has 2 N–H and O–H groups in total. The van der Waals surface area contributed by atoms with E-state index in [2.05, 4.69) is 25.9 Å². The van der Waals surface area contributed by atoms with Gasteiger partial charge in [-0.05, 0) is 51.3 Å². The average Bonchev–Trinajstić information content (AvgIpc) is 2.95. The van der Waals surface area contributed by atoms with Crippen molar-refractivity contribution in [3.63, 3.8) is 0 Å². The van der Waals surface area contributed by atoms with Gasteiger partial charge in [-0.1, -0.05) is 29.3 Å². The zero-order valence-corrected chi connectivity index (χ0v) is 15.6. The van der Waals surface area contributed by atoms with Gasteiger partial charge in [-0.25, -0.2) is 4.98 Å². The second-order valence-corrected chi connectivity index (χ2v) is 7.39. The molecule has 0 saturated heterocycles. The molecule has 0 aliphatic carbocycles. The van der Waals surface area contributed by atoms with E-state index in [1.165, 1.54) is 12.1 Å². The number of anilines is 1. The molecule has 1 aliphatic rings. The second kappa shape index (κ2) is 6.45. The number of hydrogen-bond donors (Lipinski definition) is 1. The summed E-state index contributed by atoms with van der Waals surface area (Å²) in [6, 6.07) is 7.32. The summed E-state index contributed by atoms with van der Waals surface area (Å²) < 4.78 is 42.6. The highest BCUT2D eigenvalue weighted by Crippen LogP contribution is 2.48. The number of nitrogens with two attached hydrogens (primary N) is 1. The summed E-state index contributed by atoms with van der Waals surface area (Å²) in [5, 5.41) is -0.176. The molecule has 3 nitrogen and oxygen atoms in total. The van der Waals surface area contributed by atoms with Crippen LogP contribution >= 0.6 is 39.1 Å². The van der Waals surface area contributed by atoms with Gasteiger partial charge in [0.1, 0.15) is 15.7 Å². The van der Waals surface area contributed by atoms with Gasteiger partial charge in [-0.15, -0.1) is 0 Å². The van der Waals surface area contributed by atoms with Crippen molar-refractivity contribution in [1.29, 1.82) is 0 Å². The molecule has 132 valence electrons. The third kappa shape index (κ3) is 3.37. The summed E-state index contributed by atoms with van der Waals surface area (Å²) >= 11 is 14.9. The van der Waals surface area contributed by atoms with E-state index in [0.717, 1.165) is 0 Å². The Morgan fingerprint density at radius 2 is 1.76 bits per heavy atom. The highest BCUT2D eigenvalue weighted by atomic mass is 79.9. The molecule has 2 heterocycles. The molecule has 1 atom stereocenters. The second-order valence-electron chi connectivity index (χ2n) is 5.76. The Kier molecular flexibility index (Phi) is 4.77. The Hall–Kier alpha value is -1.31. The molecule has 1 unspecified atom stereocenters. The molecule has 0 fully saturated rings. The van der Waals surface area contributed by atoms with Crippen LogP contribution in [-0.4, -0.2) is 23.4 Å². The van der Waals surface area contributed by atoms with Crippen LogP contribution in [0.25, 0.3) is 0 Å². The van der Waals surface area contributed by atoms with E-state index in [1.807, 2.05) is 0 Å². The largest absolute Gasteiger partial charge is 0.400 e. The first-order valence-corrected chi connectivity index (χ1v) is 8.66. The number of nitrogen functional groups attached to an aromatic ring is 1. The normalized spacial score (nSPS) is 20.6. The van der Waals surface area contributed by atoms with Gasteiger partial charge in [-0.2, -0.15) is 13.2 Å². The summed E-state index contributed by atoms with van der Waals surface area (Å²) in [6.45, 7) is -0.440. The molecular weight excluding hydrogens is 442 g/mol. The van der Waals surface area contributed by atoms with E-state index in [4.69, 9.17) is 28.9 Å². The summed E-state index contributed by atoms with van der Waals surface area (Å²) in [6.07, 6.45) is -4.85. The monoisotopic (exact) mass is 451 g/mol. The van der Waals surface area contributed by atoms with Crippen molar-refractivity contribution in [2.45, 2.75) is 18.0 Å². The molecule has 9 heteroatoms. The molecule has 1 aromatic carbocycles. The zero-order chi connectivity index (χ0) is 18.4. The van der Waals surface area contributed by atoms with Crippen molar-refractivity contribution in [2.75, 3.05) is 12.3 Å². The first-order valence-electron chi connectivity index (χ1n) is 7.11. The number of pyridine rings is 1. The van der Waals surface area contributed by atoms with Crippen molar-refractivity contribution >= 4 is 50.5 Å². The van der Waals surface area contributed by atoms with Gasteiger partial charge in [0.05, 0.1) is 6.54 Å². The number of nitrogens with zero attached hydrogens (tertiary/aromatic N) is 2. The number of benzene rings is 1. The van der Waals surface area contributed by atoms with Crippen molar-refractivity contribution < 1.29 is 13.2 Å². The Morgan fingerprint density at radius 3 is 2.32 bits per heavy atom. The van der Waals surface area contributed by atoms with E-state index >= 15 is 0 Å². The van der Waals surface area contributed by atoms with Crippen LogP contribution in [0, 0.1) is 0 Å². The smallest absolute Gasteiger partial charge is 0.398 e. The van der Waals surface area contributed by atoms with Crippen molar-refractivity contribution in [3.05, 3.63) is 56.2 Å². The molecule has 25 heavy (non-hydrogen) atoms. The molecule has 2 aromatic rings. The van der Waals surface area contributed by atoms with Gasteiger partial charge in [0.15, 0.2) is 0 Å². The maximum Gasteiger partial charge on any atom is 0.400 e. The van der Waals surface area contributed by atoms with Crippen LogP contribution in [-0.2, 0) is 5.41 Å². The van der Waals surface area contributed by atoms with Crippen LogP contribution in [0.1, 0.15) is 17.5 Å². The Morgan fingerprint density at radius 1 is 1.12 bits per heavy atom. The Balaban J connectivity index is 2.04. The van der Waals surface area contributed by atoms with Crippen molar-refractivity contribution in [1.82, 2.24) is 4.98 Å². The van der Waals surface area contributed by atoms with E-state index in [-0.39, 0.29) is 22.3 Å². The van der Waals surface area contributed by atoms with E-state index in [9.17, 15) is 13.2 Å². The van der Waals surface area contributed by atoms with Crippen LogP contribution in [0.4, 0.5) is 18.9 Å². The predicted molar refractivity (Wildman–Crippen MR) is 96.6 cm³/mol. The van der Waals surface area contributed by atoms with Crippen molar-refractivity contribution in [3.8, 4) is 0 Å². The van der Waals surface area contributed by atoms with Crippen LogP contribution in [0.15, 0.2) is 39.8 Å². The van der Waals surface area contributed by atoms with E-state index in [0.29, 0.717) is 21.4 Å². The maximum absolute atomic E-state index is 14.0. The molecule has 3 rings (SSSR count).